The van der Waals surface area contributed by atoms with Crippen LogP contribution in [0.4, 0.5) is 8.78 Å². The van der Waals surface area contributed by atoms with Gasteiger partial charge in [0.2, 0.25) is 0 Å². The largest absolute Gasteiger partial charge is 0.497 e. The molecule has 3 aromatic rings. The van der Waals surface area contributed by atoms with E-state index in [0.29, 0.717) is 12.0 Å². The molecule has 31 heavy (non-hydrogen) atoms. The molecule has 2 nitrogen and oxygen atoms in total. The van der Waals surface area contributed by atoms with Gasteiger partial charge in [-0.05, 0) is 83.2 Å². The molecule has 0 fully saturated rings. The van der Waals surface area contributed by atoms with E-state index in [1.165, 1.54) is 24.3 Å². The Labute approximate surface area is 182 Å². The molecule has 0 amide bonds. The van der Waals surface area contributed by atoms with Crippen molar-refractivity contribution in [2.45, 2.75) is 38.0 Å². The van der Waals surface area contributed by atoms with E-state index in [2.05, 4.69) is 19.1 Å². The Morgan fingerprint density at radius 1 is 0.903 bits per heavy atom. The molecule has 0 bridgehead atoms. The van der Waals surface area contributed by atoms with Crippen LogP contribution in [0.15, 0.2) is 60.7 Å². The molecule has 0 spiro atoms. The zero-order chi connectivity index (χ0) is 22.0. The Bertz CT molecular complexity index is 1060. The van der Waals surface area contributed by atoms with Gasteiger partial charge in [0.15, 0.2) is 11.6 Å². The van der Waals surface area contributed by atoms with Crippen molar-refractivity contribution in [2.75, 3.05) is 14.2 Å². The normalized spacial score (nSPS) is 20.2. The van der Waals surface area contributed by atoms with Crippen molar-refractivity contribution in [1.82, 2.24) is 0 Å². The van der Waals surface area contributed by atoms with Crippen molar-refractivity contribution in [2.24, 2.45) is 5.92 Å². The van der Waals surface area contributed by atoms with Crippen molar-refractivity contribution in [3.63, 3.8) is 0 Å². The van der Waals surface area contributed by atoms with Crippen LogP contribution < -0.4 is 9.47 Å². The lowest BCUT2D eigenvalue weighted by Gasteiger charge is -2.40. The molecular formula is C27H28F2O2. The zero-order valence-electron chi connectivity index (χ0n) is 18.2. The van der Waals surface area contributed by atoms with Crippen molar-refractivity contribution >= 4 is 0 Å². The summed E-state index contributed by atoms with van der Waals surface area (Å²) >= 11 is 0. The van der Waals surface area contributed by atoms with Gasteiger partial charge >= 0.3 is 0 Å². The van der Waals surface area contributed by atoms with E-state index in [-0.39, 0.29) is 35.1 Å². The molecule has 162 valence electrons. The smallest absolute Gasteiger partial charge is 0.165 e. The first-order valence-corrected chi connectivity index (χ1v) is 10.8. The summed E-state index contributed by atoms with van der Waals surface area (Å²) in [6.45, 7) is 2.16. The number of benzene rings is 3. The Balaban J connectivity index is 1.80. The fourth-order valence-corrected chi connectivity index (χ4v) is 5.14. The summed E-state index contributed by atoms with van der Waals surface area (Å²) in [5.41, 5.74) is 4.10. The predicted octanol–water partition coefficient (Wildman–Crippen LogP) is 6.67. The third-order valence-electron chi connectivity index (χ3n) is 6.70. The summed E-state index contributed by atoms with van der Waals surface area (Å²) < 4.78 is 39.7. The van der Waals surface area contributed by atoms with Gasteiger partial charge in [0.1, 0.15) is 11.6 Å². The lowest BCUT2D eigenvalue weighted by molar-refractivity contribution is 0.307. The second kappa shape index (κ2) is 9.09. The minimum atomic E-state index is -0.346. The molecule has 4 heteroatoms. The third kappa shape index (κ3) is 4.16. The molecule has 3 aromatic carbocycles. The summed E-state index contributed by atoms with van der Waals surface area (Å²) in [5.74, 6) is 1.02. The Kier molecular flexibility index (Phi) is 6.26. The molecule has 0 heterocycles. The van der Waals surface area contributed by atoms with Crippen LogP contribution in [0.2, 0.25) is 0 Å². The van der Waals surface area contributed by atoms with Crippen LogP contribution in [0.1, 0.15) is 47.4 Å². The van der Waals surface area contributed by atoms with Crippen LogP contribution in [0, 0.1) is 17.6 Å². The van der Waals surface area contributed by atoms with E-state index >= 15 is 0 Å². The molecule has 0 N–H and O–H groups in total. The molecule has 0 aliphatic heterocycles. The van der Waals surface area contributed by atoms with Gasteiger partial charge in [-0.25, -0.2) is 8.78 Å². The molecule has 0 saturated carbocycles. The van der Waals surface area contributed by atoms with Gasteiger partial charge in [-0.1, -0.05) is 43.7 Å². The molecule has 0 aromatic heterocycles. The average molecular weight is 423 g/mol. The van der Waals surface area contributed by atoms with E-state index in [1.807, 2.05) is 24.3 Å². The number of ether oxygens (including phenoxy) is 2. The van der Waals surface area contributed by atoms with Gasteiger partial charge in [-0.3, -0.25) is 0 Å². The molecule has 1 aliphatic carbocycles. The number of hydrogen-bond donors (Lipinski definition) is 0. The van der Waals surface area contributed by atoms with E-state index in [1.54, 1.807) is 25.3 Å². The molecule has 0 saturated heterocycles. The summed E-state index contributed by atoms with van der Waals surface area (Å²) in [5, 5.41) is 0. The molecule has 3 unspecified atom stereocenters. The van der Waals surface area contributed by atoms with E-state index < -0.39 is 0 Å². The van der Waals surface area contributed by atoms with E-state index in [9.17, 15) is 8.78 Å². The van der Waals surface area contributed by atoms with Crippen molar-refractivity contribution in [3.8, 4) is 11.5 Å². The van der Waals surface area contributed by atoms with Crippen molar-refractivity contribution in [1.29, 1.82) is 0 Å². The highest BCUT2D eigenvalue weighted by atomic mass is 19.1. The molecular weight excluding hydrogens is 394 g/mol. The maximum Gasteiger partial charge on any atom is 0.165 e. The summed E-state index contributed by atoms with van der Waals surface area (Å²) in [6, 6.07) is 18.4. The first kappa shape index (κ1) is 21.4. The molecule has 0 radical (unpaired) electrons. The van der Waals surface area contributed by atoms with Crippen LogP contribution in [0.5, 0.6) is 11.5 Å². The highest BCUT2D eigenvalue weighted by molar-refractivity contribution is 5.44. The number of methoxy groups -OCH3 is 2. The molecule has 4 rings (SSSR count). The maximum absolute atomic E-state index is 14.6. The quantitative estimate of drug-likeness (QED) is 0.441. The van der Waals surface area contributed by atoms with Crippen LogP contribution in [-0.2, 0) is 12.8 Å². The van der Waals surface area contributed by atoms with Crippen LogP contribution >= 0.6 is 0 Å². The van der Waals surface area contributed by atoms with Gasteiger partial charge in [-0.15, -0.1) is 0 Å². The van der Waals surface area contributed by atoms with Crippen LogP contribution in [0.25, 0.3) is 0 Å². The van der Waals surface area contributed by atoms with E-state index in [4.69, 9.17) is 9.47 Å². The number of fused-ring (bicyclic) bond motifs is 1. The third-order valence-corrected chi connectivity index (χ3v) is 6.70. The van der Waals surface area contributed by atoms with Gasteiger partial charge in [-0.2, -0.15) is 0 Å². The van der Waals surface area contributed by atoms with Gasteiger partial charge in [0, 0.05) is 0 Å². The minimum Gasteiger partial charge on any atom is -0.497 e. The van der Waals surface area contributed by atoms with Crippen molar-refractivity contribution < 1.29 is 18.3 Å². The lowest BCUT2D eigenvalue weighted by atomic mass is 9.64. The van der Waals surface area contributed by atoms with Crippen LogP contribution in [-0.4, -0.2) is 14.2 Å². The first-order chi connectivity index (χ1) is 15.0. The topological polar surface area (TPSA) is 18.5 Å². The van der Waals surface area contributed by atoms with E-state index in [0.717, 1.165) is 24.2 Å². The van der Waals surface area contributed by atoms with Gasteiger partial charge in [0.05, 0.1) is 14.2 Å². The number of rotatable bonds is 6. The summed E-state index contributed by atoms with van der Waals surface area (Å²) in [6.07, 6.45) is 2.33. The maximum atomic E-state index is 14.6. The number of hydrogen-bond acceptors (Lipinski definition) is 2. The summed E-state index contributed by atoms with van der Waals surface area (Å²) in [7, 11) is 3.14. The standard InChI is InChI=1S/C27H28F2O2/c1-4-21-22(18-10-12-27(31-3)26(29)15-18)13-17-9-11-20(30-2)16-23(17)24(21)14-19-7-5-6-8-25(19)28/h5-12,15-16,21-22,24H,4,13-14H2,1-3H3. The Hall–Kier alpha value is -2.88. The second-order valence-electron chi connectivity index (χ2n) is 8.24. The Morgan fingerprint density at radius 2 is 1.71 bits per heavy atom. The fourth-order valence-electron chi connectivity index (χ4n) is 5.14. The molecule has 3 atom stereocenters. The zero-order valence-corrected chi connectivity index (χ0v) is 18.2. The van der Waals surface area contributed by atoms with Crippen LogP contribution in [0.3, 0.4) is 0 Å². The SMILES string of the molecule is CCC1C(c2ccc(OC)c(F)c2)Cc2ccc(OC)cc2C1Cc1ccccc1F. The second-order valence-corrected chi connectivity index (χ2v) is 8.24. The highest BCUT2D eigenvalue weighted by Crippen LogP contribution is 2.48. The average Bonchev–Trinajstić information content (AvgIpc) is 2.79. The molecule has 1 aliphatic rings. The Morgan fingerprint density at radius 3 is 2.39 bits per heavy atom. The van der Waals surface area contributed by atoms with Gasteiger partial charge in [0.25, 0.3) is 0 Å². The van der Waals surface area contributed by atoms with Gasteiger partial charge < -0.3 is 9.47 Å². The summed E-state index contributed by atoms with van der Waals surface area (Å²) in [4.78, 5) is 0. The predicted molar refractivity (Wildman–Crippen MR) is 119 cm³/mol. The first-order valence-electron chi connectivity index (χ1n) is 10.8. The lowest BCUT2D eigenvalue weighted by Crippen LogP contribution is -2.29. The minimum absolute atomic E-state index is 0.107. The number of halogens is 2. The monoisotopic (exact) mass is 422 g/mol. The highest BCUT2D eigenvalue weighted by Gasteiger charge is 2.37. The van der Waals surface area contributed by atoms with Crippen molar-refractivity contribution in [3.05, 3.63) is 94.6 Å². The fraction of sp³-hybridized carbons (Fsp3) is 0.333.